The lowest BCUT2D eigenvalue weighted by atomic mass is 10.2. The van der Waals surface area contributed by atoms with Crippen molar-refractivity contribution >= 4 is 0 Å². The molecule has 0 spiro atoms. The highest BCUT2D eigenvalue weighted by Crippen LogP contribution is 2.09. The number of nitrogens with zero attached hydrogens (tertiary/aromatic N) is 2. The van der Waals surface area contributed by atoms with Crippen molar-refractivity contribution in [2.75, 3.05) is 6.54 Å². The molecule has 0 amide bonds. The molecule has 0 bridgehead atoms. The Morgan fingerprint density at radius 1 is 1.44 bits per heavy atom. The average Bonchev–Trinajstić information content (AvgIpc) is 2.20. The van der Waals surface area contributed by atoms with Gasteiger partial charge in [0.05, 0.1) is 6.10 Å². The number of nitrogens with one attached hydrogen (secondary N) is 1. The lowest BCUT2D eigenvalue weighted by molar-refractivity contribution is 0.221. The minimum Gasteiger partial charge on any atom is -0.461 e. The highest BCUT2D eigenvalue weighted by molar-refractivity contribution is 5.17. The minimum atomic E-state index is 0.114. The Labute approximate surface area is 97.5 Å². The maximum atomic E-state index is 5.43. The van der Waals surface area contributed by atoms with Crippen molar-refractivity contribution in [2.45, 2.75) is 46.8 Å². The minimum absolute atomic E-state index is 0.114. The summed E-state index contributed by atoms with van der Waals surface area (Å²) in [6.07, 6.45) is 3.08. The predicted molar refractivity (Wildman–Crippen MR) is 64.5 cm³/mol. The molecular weight excluding hydrogens is 202 g/mol. The largest absolute Gasteiger partial charge is 0.461 e. The van der Waals surface area contributed by atoms with Gasteiger partial charge < -0.3 is 10.1 Å². The number of rotatable bonds is 6. The van der Waals surface area contributed by atoms with Gasteiger partial charge in [-0.2, -0.15) is 0 Å². The Hall–Kier alpha value is -1.16. The summed E-state index contributed by atoms with van der Waals surface area (Å²) in [5, 5.41) is 3.33. The highest BCUT2D eigenvalue weighted by atomic mass is 16.5. The van der Waals surface area contributed by atoms with E-state index < -0.39 is 0 Å². The molecule has 0 fully saturated rings. The predicted octanol–water partition coefficient (Wildman–Crippen LogP) is 2.07. The van der Waals surface area contributed by atoms with Crippen LogP contribution in [0, 0.1) is 6.92 Å². The third kappa shape index (κ3) is 4.14. The molecule has 0 saturated carbocycles. The highest BCUT2D eigenvalue weighted by Gasteiger charge is 2.05. The number of aromatic nitrogens is 2. The summed E-state index contributed by atoms with van der Waals surface area (Å²) >= 11 is 0. The Morgan fingerprint density at radius 3 is 2.75 bits per heavy atom. The van der Waals surface area contributed by atoms with Crippen LogP contribution >= 0.6 is 0 Å². The zero-order valence-corrected chi connectivity index (χ0v) is 10.6. The molecule has 1 heterocycles. The maximum absolute atomic E-state index is 5.43. The van der Waals surface area contributed by atoms with Crippen LogP contribution < -0.4 is 10.1 Å². The van der Waals surface area contributed by atoms with Crippen LogP contribution in [-0.2, 0) is 6.54 Å². The summed E-state index contributed by atoms with van der Waals surface area (Å²) in [5.74, 6) is 0. The summed E-state index contributed by atoms with van der Waals surface area (Å²) < 4.78 is 5.43. The smallest absolute Gasteiger partial charge is 0.316 e. The van der Waals surface area contributed by atoms with Gasteiger partial charge in [0.1, 0.15) is 0 Å². The molecule has 0 aliphatic rings. The van der Waals surface area contributed by atoms with Gasteiger partial charge in [0.2, 0.25) is 0 Å². The molecule has 16 heavy (non-hydrogen) atoms. The summed E-state index contributed by atoms with van der Waals surface area (Å²) in [5.41, 5.74) is 2.11. The van der Waals surface area contributed by atoms with Crippen LogP contribution in [0.5, 0.6) is 6.01 Å². The van der Waals surface area contributed by atoms with Crippen LogP contribution in [0.25, 0.3) is 0 Å². The van der Waals surface area contributed by atoms with Gasteiger partial charge in [-0.1, -0.05) is 6.92 Å². The Balaban J connectivity index is 2.60. The van der Waals surface area contributed by atoms with E-state index in [0.29, 0.717) is 6.01 Å². The molecule has 0 atom stereocenters. The van der Waals surface area contributed by atoms with Crippen LogP contribution in [0.4, 0.5) is 0 Å². The van der Waals surface area contributed by atoms with Crippen LogP contribution in [0.1, 0.15) is 38.4 Å². The van der Waals surface area contributed by atoms with Crippen LogP contribution in [0.3, 0.4) is 0 Å². The van der Waals surface area contributed by atoms with Crippen LogP contribution in [0.2, 0.25) is 0 Å². The molecule has 1 N–H and O–H groups in total. The van der Waals surface area contributed by atoms with Gasteiger partial charge >= 0.3 is 6.01 Å². The van der Waals surface area contributed by atoms with Crippen molar-refractivity contribution in [3.8, 4) is 6.01 Å². The average molecular weight is 223 g/mol. The second-order valence-corrected chi connectivity index (χ2v) is 4.11. The van der Waals surface area contributed by atoms with Crippen molar-refractivity contribution < 1.29 is 4.74 Å². The monoisotopic (exact) mass is 223 g/mol. The zero-order valence-electron chi connectivity index (χ0n) is 10.6. The maximum Gasteiger partial charge on any atom is 0.316 e. The fourth-order valence-corrected chi connectivity index (χ4v) is 1.31. The van der Waals surface area contributed by atoms with Crippen LogP contribution in [-0.4, -0.2) is 22.6 Å². The molecule has 0 radical (unpaired) electrons. The molecule has 0 aliphatic carbocycles. The van der Waals surface area contributed by atoms with Crippen molar-refractivity contribution in [1.29, 1.82) is 0 Å². The fourth-order valence-electron chi connectivity index (χ4n) is 1.31. The SMILES string of the molecule is CCCNCc1cnc(OC(C)C)nc1C. The van der Waals surface area contributed by atoms with Crippen molar-refractivity contribution in [3.63, 3.8) is 0 Å². The van der Waals surface area contributed by atoms with Crippen LogP contribution in [0.15, 0.2) is 6.20 Å². The lowest BCUT2D eigenvalue weighted by Gasteiger charge is -2.10. The Bertz CT molecular complexity index is 326. The molecule has 0 aromatic carbocycles. The summed E-state index contributed by atoms with van der Waals surface area (Å²) in [7, 11) is 0. The van der Waals surface area contributed by atoms with Gasteiger partial charge in [-0.15, -0.1) is 0 Å². The number of hydrogen-bond donors (Lipinski definition) is 1. The van der Waals surface area contributed by atoms with E-state index in [1.54, 1.807) is 0 Å². The van der Waals surface area contributed by atoms with E-state index in [4.69, 9.17) is 4.74 Å². The molecule has 4 heteroatoms. The standard InChI is InChI=1S/C12H21N3O/c1-5-6-13-7-11-8-14-12(15-10(11)4)16-9(2)3/h8-9,13H,5-7H2,1-4H3. The first-order valence-electron chi connectivity index (χ1n) is 5.83. The Morgan fingerprint density at radius 2 is 2.19 bits per heavy atom. The van der Waals surface area contributed by atoms with Gasteiger partial charge in [0, 0.05) is 24.0 Å². The first-order chi connectivity index (χ1) is 7.63. The van der Waals surface area contributed by atoms with E-state index in [-0.39, 0.29) is 6.10 Å². The van der Waals surface area contributed by atoms with E-state index in [0.717, 1.165) is 30.8 Å². The zero-order chi connectivity index (χ0) is 12.0. The normalized spacial score (nSPS) is 10.8. The first-order valence-corrected chi connectivity index (χ1v) is 5.83. The fraction of sp³-hybridized carbons (Fsp3) is 0.667. The van der Waals surface area contributed by atoms with E-state index in [2.05, 4.69) is 22.2 Å². The van der Waals surface area contributed by atoms with Crippen molar-refractivity contribution in [1.82, 2.24) is 15.3 Å². The molecule has 0 unspecified atom stereocenters. The Kier molecular flexibility index (Phi) is 5.19. The quantitative estimate of drug-likeness (QED) is 0.750. The third-order valence-corrected chi connectivity index (χ3v) is 2.14. The second kappa shape index (κ2) is 6.43. The number of hydrogen-bond acceptors (Lipinski definition) is 4. The summed E-state index contributed by atoms with van der Waals surface area (Å²) in [6, 6.07) is 0.465. The molecule has 1 aromatic heterocycles. The van der Waals surface area contributed by atoms with Gasteiger partial charge in [-0.25, -0.2) is 9.97 Å². The van der Waals surface area contributed by atoms with Gasteiger partial charge in [-0.3, -0.25) is 0 Å². The van der Waals surface area contributed by atoms with Gasteiger partial charge in [-0.05, 0) is 33.7 Å². The van der Waals surface area contributed by atoms with E-state index in [1.807, 2.05) is 27.0 Å². The van der Waals surface area contributed by atoms with E-state index >= 15 is 0 Å². The second-order valence-electron chi connectivity index (χ2n) is 4.11. The molecule has 0 aliphatic heterocycles. The topological polar surface area (TPSA) is 47.0 Å². The molecule has 4 nitrogen and oxygen atoms in total. The molecule has 1 aromatic rings. The molecular formula is C12H21N3O. The first kappa shape index (κ1) is 12.9. The number of ether oxygens (including phenoxy) is 1. The lowest BCUT2D eigenvalue weighted by Crippen LogP contribution is -2.16. The third-order valence-electron chi connectivity index (χ3n) is 2.14. The molecule has 90 valence electrons. The van der Waals surface area contributed by atoms with E-state index in [1.165, 1.54) is 0 Å². The summed E-state index contributed by atoms with van der Waals surface area (Å²) in [4.78, 5) is 8.50. The molecule has 0 saturated heterocycles. The van der Waals surface area contributed by atoms with Crippen molar-refractivity contribution in [2.24, 2.45) is 0 Å². The van der Waals surface area contributed by atoms with Gasteiger partial charge in [0.15, 0.2) is 0 Å². The summed E-state index contributed by atoms with van der Waals surface area (Å²) in [6.45, 7) is 9.91. The van der Waals surface area contributed by atoms with Gasteiger partial charge in [0.25, 0.3) is 0 Å². The molecule has 1 rings (SSSR count). The van der Waals surface area contributed by atoms with Crippen molar-refractivity contribution in [3.05, 3.63) is 17.5 Å². The van der Waals surface area contributed by atoms with E-state index in [9.17, 15) is 0 Å². The number of aryl methyl sites for hydroxylation is 1.